The molecule has 1 aromatic rings. The molecular formula is C13H16INO3. The molecule has 1 aromatic carbocycles. The van der Waals surface area contributed by atoms with Gasteiger partial charge in [-0.2, -0.15) is 0 Å². The maximum absolute atomic E-state index is 12.0. The Bertz CT molecular complexity index is 434. The van der Waals surface area contributed by atoms with Crippen molar-refractivity contribution in [2.75, 3.05) is 13.1 Å². The first-order valence-electron chi connectivity index (χ1n) is 5.77. The predicted octanol–water partition coefficient (Wildman–Crippen LogP) is 2.16. The number of aliphatic carboxylic acids is 1. The van der Waals surface area contributed by atoms with Crippen LogP contribution in [0.4, 0.5) is 0 Å². The van der Waals surface area contributed by atoms with Crippen molar-refractivity contribution in [1.29, 1.82) is 0 Å². The summed E-state index contributed by atoms with van der Waals surface area (Å²) in [5.74, 6) is -0.906. The molecule has 0 unspecified atom stereocenters. The maximum Gasteiger partial charge on any atom is 0.305 e. The van der Waals surface area contributed by atoms with Crippen LogP contribution in [0.1, 0.15) is 18.9 Å². The summed E-state index contributed by atoms with van der Waals surface area (Å²) in [6, 6.07) is 7.75. The lowest BCUT2D eigenvalue weighted by atomic mass is 10.1. The summed E-state index contributed by atoms with van der Waals surface area (Å²) < 4.78 is 1.09. The molecule has 0 radical (unpaired) electrons. The number of nitrogens with zero attached hydrogens (tertiary/aromatic N) is 1. The van der Waals surface area contributed by atoms with Crippen molar-refractivity contribution < 1.29 is 14.7 Å². The number of carbonyl (C=O) groups is 2. The average molecular weight is 361 g/mol. The zero-order chi connectivity index (χ0) is 13.5. The second-order valence-corrected chi connectivity index (χ2v) is 5.17. The van der Waals surface area contributed by atoms with E-state index in [-0.39, 0.29) is 18.9 Å². The Balaban J connectivity index is 2.59. The lowest BCUT2D eigenvalue weighted by molar-refractivity contribution is -0.138. The average Bonchev–Trinajstić information content (AvgIpc) is 2.29. The number of carbonyl (C=O) groups excluding carboxylic acids is 1. The highest BCUT2D eigenvalue weighted by atomic mass is 127. The molecule has 18 heavy (non-hydrogen) atoms. The summed E-state index contributed by atoms with van der Waals surface area (Å²) >= 11 is 2.20. The molecular weight excluding hydrogens is 345 g/mol. The number of benzene rings is 1. The molecule has 0 aliphatic rings. The fourth-order valence-electron chi connectivity index (χ4n) is 1.62. The molecule has 5 heteroatoms. The van der Waals surface area contributed by atoms with Gasteiger partial charge < -0.3 is 10.0 Å². The van der Waals surface area contributed by atoms with Crippen LogP contribution in [0.3, 0.4) is 0 Å². The molecule has 0 aliphatic heterocycles. The summed E-state index contributed by atoms with van der Waals surface area (Å²) in [5.41, 5.74) is 0.959. The number of hydrogen-bond donors (Lipinski definition) is 1. The molecule has 4 nitrogen and oxygen atoms in total. The van der Waals surface area contributed by atoms with Gasteiger partial charge in [-0.1, -0.05) is 12.1 Å². The minimum Gasteiger partial charge on any atom is -0.481 e. The van der Waals surface area contributed by atoms with Gasteiger partial charge in [-0.25, -0.2) is 0 Å². The van der Waals surface area contributed by atoms with Crippen molar-refractivity contribution in [2.45, 2.75) is 19.8 Å². The Morgan fingerprint density at radius 3 is 2.67 bits per heavy atom. The van der Waals surface area contributed by atoms with Crippen LogP contribution in [0.2, 0.25) is 0 Å². The smallest absolute Gasteiger partial charge is 0.305 e. The normalized spacial score (nSPS) is 10.1. The second kappa shape index (κ2) is 7.35. The van der Waals surface area contributed by atoms with Crippen molar-refractivity contribution in [3.8, 4) is 0 Å². The fourth-order valence-corrected chi connectivity index (χ4v) is 2.23. The highest BCUT2D eigenvalue weighted by Crippen LogP contribution is 2.09. The molecule has 0 spiro atoms. The number of carboxylic acids is 1. The largest absolute Gasteiger partial charge is 0.481 e. The van der Waals surface area contributed by atoms with Gasteiger partial charge in [0.15, 0.2) is 0 Å². The van der Waals surface area contributed by atoms with Crippen LogP contribution >= 0.6 is 22.6 Å². The van der Waals surface area contributed by atoms with E-state index in [4.69, 9.17) is 5.11 Å². The molecule has 0 atom stereocenters. The maximum atomic E-state index is 12.0. The predicted molar refractivity (Wildman–Crippen MR) is 77.4 cm³/mol. The van der Waals surface area contributed by atoms with Gasteiger partial charge in [-0.05, 0) is 47.2 Å². The van der Waals surface area contributed by atoms with Crippen LogP contribution in [-0.4, -0.2) is 35.0 Å². The lowest BCUT2D eigenvalue weighted by Crippen LogP contribution is -2.34. The molecule has 0 saturated carbocycles. The summed E-state index contributed by atoms with van der Waals surface area (Å²) in [5, 5.41) is 8.63. The van der Waals surface area contributed by atoms with Gasteiger partial charge in [0.25, 0.3) is 0 Å². The van der Waals surface area contributed by atoms with E-state index in [1.165, 1.54) is 0 Å². The SMILES string of the molecule is CCN(CCC(=O)O)C(=O)Cc1cccc(I)c1. The molecule has 0 aliphatic carbocycles. The first kappa shape index (κ1) is 14.9. The van der Waals surface area contributed by atoms with Crippen molar-refractivity contribution in [3.63, 3.8) is 0 Å². The van der Waals surface area contributed by atoms with Crippen molar-refractivity contribution >= 4 is 34.5 Å². The van der Waals surface area contributed by atoms with Gasteiger partial charge in [0.1, 0.15) is 0 Å². The number of rotatable bonds is 6. The first-order valence-corrected chi connectivity index (χ1v) is 6.84. The third kappa shape index (κ3) is 5.03. The van der Waals surface area contributed by atoms with Gasteiger partial charge in [0.2, 0.25) is 5.91 Å². The zero-order valence-corrected chi connectivity index (χ0v) is 12.4. The number of likely N-dealkylation sites (N-methyl/N-ethyl adjacent to an activating group) is 1. The molecule has 0 bridgehead atoms. The van der Waals surface area contributed by atoms with Crippen molar-refractivity contribution in [2.24, 2.45) is 0 Å². The number of halogens is 1. The molecule has 0 heterocycles. The van der Waals surface area contributed by atoms with Crippen LogP contribution in [0.15, 0.2) is 24.3 Å². The minimum absolute atomic E-state index is 0.00803. The third-order valence-corrected chi connectivity index (χ3v) is 3.25. The summed E-state index contributed by atoms with van der Waals surface area (Å²) in [7, 11) is 0. The van der Waals surface area contributed by atoms with E-state index < -0.39 is 5.97 Å². The molecule has 1 amide bonds. The third-order valence-electron chi connectivity index (χ3n) is 2.57. The van der Waals surface area contributed by atoms with Gasteiger partial charge in [0.05, 0.1) is 12.8 Å². The molecule has 0 fully saturated rings. The zero-order valence-electron chi connectivity index (χ0n) is 10.2. The summed E-state index contributed by atoms with van der Waals surface area (Å²) in [6.07, 6.45) is 0.316. The van der Waals surface area contributed by atoms with E-state index in [2.05, 4.69) is 22.6 Å². The number of carboxylic acid groups (broad SMARTS) is 1. The Morgan fingerprint density at radius 1 is 1.39 bits per heavy atom. The summed E-state index contributed by atoms with van der Waals surface area (Å²) in [6.45, 7) is 2.67. The monoisotopic (exact) mass is 361 g/mol. The quantitative estimate of drug-likeness (QED) is 0.790. The first-order chi connectivity index (χ1) is 8.52. The van der Waals surface area contributed by atoms with Crippen molar-refractivity contribution in [3.05, 3.63) is 33.4 Å². The van der Waals surface area contributed by atoms with Crippen LogP contribution < -0.4 is 0 Å². The van der Waals surface area contributed by atoms with Gasteiger partial charge in [-0.3, -0.25) is 9.59 Å². The highest BCUT2D eigenvalue weighted by molar-refractivity contribution is 14.1. The Kier molecular flexibility index (Phi) is 6.11. The van der Waals surface area contributed by atoms with E-state index in [1.54, 1.807) is 4.90 Å². The highest BCUT2D eigenvalue weighted by Gasteiger charge is 2.13. The lowest BCUT2D eigenvalue weighted by Gasteiger charge is -2.20. The topological polar surface area (TPSA) is 57.6 Å². The van der Waals surface area contributed by atoms with Crippen molar-refractivity contribution in [1.82, 2.24) is 4.90 Å². The van der Waals surface area contributed by atoms with Gasteiger partial charge >= 0.3 is 5.97 Å². The Hall–Kier alpha value is -1.11. The molecule has 1 N–H and O–H groups in total. The van der Waals surface area contributed by atoms with Crippen LogP contribution in [0.5, 0.6) is 0 Å². The standard InChI is InChI=1S/C13H16INO3/c1-2-15(7-6-13(17)18)12(16)9-10-4-3-5-11(14)8-10/h3-5,8H,2,6-7,9H2,1H3,(H,17,18). The molecule has 1 rings (SSSR count). The number of amides is 1. The van der Waals surface area contributed by atoms with E-state index in [1.807, 2.05) is 31.2 Å². The summed E-state index contributed by atoms with van der Waals surface area (Å²) in [4.78, 5) is 24.1. The van der Waals surface area contributed by atoms with Crippen LogP contribution in [-0.2, 0) is 16.0 Å². The Morgan fingerprint density at radius 2 is 2.11 bits per heavy atom. The molecule has 0 aromatic heterocycles. The minimum atomic E-state index is -0.879. The van der Waals surface area contributed by atoms with E-state index >= 15 is 0 Å². The molecule has 0 saturated heterocycles. The van der Waals surface area contributed by atoms with Crippen LogP contribution in [0.25, 0.3) is 0 Å². The number of hydrogen-bond acceptors (Lipinski definition) is 2. The van der Waals surface area contributed by atoms with Crippen LogP contribution in [0, 0.1) is 3.57 Å². The Labute approximate surface area is 120 Å². The van der Waals surface area contributed by atoms with E-state index in [0.717, 1.165) is 9.13 Å². The van der Waals surface area contributed by atoms with E-state index in [9.17, 15) is 9.59 Å². The molecule has 98 valence electrons. The van der Waals surface area contributed by atoms with E-state index in [0.29, 0.717) is 13.0 Å². The van der Waals surface area contributed by atoms with Gasteiger partial charge in [-0.15, -0.1) is 0 Å². The fraction of sp³-hybridized carbons (Fsp3) is 0.385. The van der Waals surface area contributed by atoms with Gasteiger partial charge in [0, 0.05) is 16.7 Å². The second-order valence-electron chi connectivity index (χ2n) is 3.92.